The summed E-state index contributed by atoms with van der Waals surface area (Å²) in [5.74, 6) is -0.364. The highest BCUT2D eigenvalue weighted by molar-refractivity contribution is 7.84. The second-order valence-electron chi connectivity index (χ2n) is 4.75. The molecule has 2 heterocycles. The van der Waals surface area contributed by atoms with E-state index in [1.807, 2.05) is 0 Å². The SMILES string of the molecule is C[S@](=O)c1ccccc1NC(=O)c1cc(-n2cccn2)ccn1. The Bertz CT molecular complexity index is 862. The van der Waals surface area contributed by atoms with E-state index in [9.17, 15) is 9.00 Å². The number of carbonyl (C=O) groups excluding carboxylic acids is 1. The Morgan fingerprint density at radius 2 is 2.00 bits per heavy atom. The Morgan fingerprint density at radius 1 is 1.17 bits per heavy atom. The third-order valence-electron chi connectivity index (χ3n) is 3.19. The molecule has 0 aliphatic carbocycles. The minimum Gasteiger partial charge on any atom is -0.320 e. The molecule has 1 atom stereocenters. The molecule has 0 bridgehead atoms. The van der Waals surface area contributed by atoms with Crippen LogP contribution < -0.4 is 5.32 Å². The fourth-order valence-electron chi connectivity index (χ4n) is 2.11. The van der Waals surface area contributed by atoms with Crippen LogP contribution in [0.3, 0.4) is 0 Å². The number of nitrogens with zero attached hydrogens (tertiary/aromatic N) is 3. The number of amides is 1. The predicted molar refractivity (Wildman–Crippen MR) is 88.1 cm³/mol. The highest BCUT2D eigenvalue weighted by atomic mass is 32.2. The van der Waals surface area contributed by atoms with Gasteiger partial charge in [0, 0.05) is 24.8 Å². The van der Waals surface area contributed by atoms with Gasteiger partial charge in [-0.15, -0.1) is 0 Å². The van der Waals surface area contributed by atoms with Crippen molar-refractivity contribution in [2.45, 2.75) is 4.90 Å². The lowest BCUT2D eigenvalue weighted by Crippen LogP contribution is -2.15. The van der Waals surface area contributed by atoms with Crippen molar-refractivity contribution in [1.29, 1.82) is 0 Å². The van der Waals surface area contributed by atoms with Crippen LogP contribution >= 0.6 is 0 Å². The average molecular weight is 326 g/mol. The quantitative estimate of drug-likeness (QED) is 0.798. The van der Waals surface area contributed by atoms with Crippen LogP contribution in [0.5, 0.6) is 0 Å². The molecule has 1 aromatic carbocycles. The molecule has 0 aliphatic heterocycles. The Morgan fingerprint density at radius 3 is 2.74 bits per heavy atom. The van der Waals surface area contributed by atoms with Gasteiger partial charge in [0.1, 0.15) is 5.69 Å². The summed E-state index contributed by atoms with van der Waals surface area (Å²) >= 11 is 0. The largest absolute Gasteiger partial charge is 0.320 e. The van der Waals surface area contributed by atoms with Gasteiger partial charge >= 0.3 is 0 Å². The molecule has 0 radical (unpaired) electrons. The van der Waals surface area contributed by atoms with Crippen LogP contribution in [0.15, 0.2) is 66.0 Å². The third-order valence-corrected chi connectivity index (χ3v) is 4.17. The number of carbonyl (C=O) groups is 1. The van der Waals surface area contributed by atoms with Crippen LogP contribution in [0.25, 0.3) is 5.69 Å². The van der Waals surface area contributed by atoms with E-state index in [1.54, 1.807) is 72.0 Å². The van der Waals surface area contributed by atoms with Gasteiger partial charge in [-0.2, -0.15) is 5.10 Å². The fraction of sp³-hybridized carbons (Fsp3) is 0.0625. The smallest absolute Gasteiger partial charge is 0.274 e. The van der Waals surface area contributed by atoms with E-state index >= 15 is 0 Å². The Hall–Kier alpha value is -2.80. The maximum atomic E-state index is 12.4. The maximum absolute atomic E-state index is 12.4. The number of rotatable bonds is 4. The average Bonchev–Trinajstić information content (AvgIpc) is 3.10. The molecule has 0 aliphatic rings. The lowest BCUT2D eigenvalue weighted by molar-refractivity contribution is 0.102. The lowest BCUT2D eigenvalue weighted by atomic mass is 10.2. The normalized spacial score (nSPS) is 11.9. The van der Waals surface area contributed by atoms with E-state index in [2.05, 4.69) is 15.4 Å². The van der Waals surface area contributed by atoms with Gasteiger partial charge < -0.3 is 5.32 Å². The van der Waals surface area contributed by atoms with E-state index in [0.717, 1.165) is 5.69 Å². The van der Waals surface area contributed by atoms with E-state index in [4.69, 9.17) is 0 Å². The van der Waals surface area contributed by atoms with Gasteiger partial charge in [-0.3, -0.25) is 14.0 Å². The third kappa shape index (κ3) is 3.35. The molecule has 23 heavy (non-hydrogen) atoms. The van der Waals surface area contributed by atoms with Crippen molar-refractivity contribution in [1.82, 2.24) is 14.8 Å². The van der Waals surface area contributed by atoms with Gasteiger partial charge in [0.15, 0.2) is 0 Å². The molecule has 0 fully saturated rings. The molecule has 116 valence electrons. The molecule has 0 saturated heterocycles. The molecule has 3 aromatic rings. The first kappa shape index (κ1) is 15.1. The highest BCUT2D eigenvalue weighted by Crippen LogP contribution is 2.19. The van der Waals surface area contributed by atoms with Crippen LogP contribution in [0.4, 0.5) is 5.69 Å². The standard InChI is InChI=1S/C16H14N4O2S/c1-23(22)15-6-3-2-5-13(15)19-16(21)14-11-12(7-9-17-14)20-10-4-8-18-20/h2-11H,1H3,(H,19,21)/t23-/m0/s1. The van der Waals surface area contributed by atoms with Crippen molar-refractivity contribution >= 4 is 22.4 Å². The van der Waals surface area contributed by atoms with E-state index in [-0.39, 0.29) is 11.6 Å². The number of benzene rings is 1. The topological polar surface area (TPSA) is 76.9 Å². The number of anilines is 1. The molecule has 2 aromatic heterocycles. The first-order valence-electron chi connectivity index (χ1n) is 6.85. The number of pyridine rings is 1. The van der Waals surface area contributed by atoms with Crippen LogP contribution in [0, 0.1) is 0 Å². The van der Waals surface area contributed by atoms with Crippen molar-refractivity contribution in [2.75, 3.05) is 11.6 Å². The summed E-state index contributed by atoms with van der Waals surface area (Å²) in [6.45, 7) is 0. The van der Waals surface area contributed by atoms with Crippen molar-refractivity contribution in [3.05, 3.63) is 66.7 Å². The molecule has 1 amide bonds. The van der Waals surface area contributed by atoms with Crippen molar-refractivity contribution in [2.24, 2.45) is 0 Å². The molecule has 0 spiro atoms. The van der Waals surface area contributed by atoms with E-state index in [0.29, 0.717) is 10.6 Å². The molecule has 0 saturated carbocycles. The van der Waals surface area contributed by atoms with Gasteiger partial charge in [-0.05, 0) is 30.3 Å². The number of hydrogen-bond acceptors (Lipinski definition) is 4. The monoisotopic (exact) mass is 326 g/mol. The summed E-state index contributed by atoms with van der Waals surface area (Å²) in [5.41, 5.74) is 1.52. The molecular weight excluding hydrogens is 312 g/mol. The first-order valence-corrected chi connectivity index (χ1v) is 8.41. The van der Waals surface area contributed by atoms with Crippen LogP contribution in [0.1, 0.15) is 10.5 Å². The number of hydrogen-bond donors (Lipinski definition) is 1. The number of nitrogens with one attached hydrogen (secondary N) is 1. The van der Waals surface area contributed by atoms with Gasteiger partial charge in [-0.1, -0.05) is 12.1 Å². The Balaban J connectivity index is 1.87. The van der Waals surface area contributed by atoms with E-state index < -0.39 is 10.8 Å². The minimum absolute atomic E-state index is 0.259. The van der Waals surface area contributed by atoms with Gasteiger partial charge in [0.2, 0.25) is 0 Å². The van der Waals surface area contributed by atoms with Gasteiger partial charge in [0.05, 0.1) is 27.1 Å². The Labute approximate surface area is 135 Å². The molecule has 3 rings (SSSR count). The molecule has 6 nitrogen and oxygen atoms in total. The second-order valence-corrected chi connectivity index (χ2v) is 6.10. The summed E-state index contributed by atoms with van der Waals surface area (Å²) in [4.78, 5) is 17.1. The van der Waals surface area contributed by atoms with Gasteiger partial charge in [0.25, 0.3) is 5.91 Å². The minimum atomic E-state index is -1.19. The summed E-state index contributed by atoms with van der Waals surface area (Å²) in [7, 11) is -1.19. The maximum Gasteiger partial charge on any atom is 0.274 e. The van der Waals surface area contributed by atoms with Crippen molar-refractivity contribution < 1.29 is 9.00 Å². The lowest BCUT2D eigenvalue weighted by Gasteiger charge is -2.09. The summed E-state index contributed by atoms with van der Waals surface area (Å²) in [6.07, 6.45) is 6.57. The zero-order valence-electron chi connectivity index (χ0n) is 12.3. The number of aromatic nitrogens is 3. The van der Waals surface area contributed by atoms with Crippen LogP contribution in [0.2, 0.25) is 0 Å². The molecule has 0 unspecified atom stereocenters. The van der Waals surface area contributed by atoms with Crippen molar-refractivity contribution in [3.63, 3.8) is 0 Å². The Kier molecular flexibility index (Phi) is 4.29. The summed E-state index contributed by atoms with van der Waals surface area (Å²) in [6, 6.07) is 12.2. The zero-order chi connectivity index (χ0) is 16.2. The zero-order valence-corrected chi connectivity index (χ0v) is 13.2. The summed E-state index contributed by atoms with van der Waals surface area (Å²) in [5, 5.41) is 6.88. The molecule has 7 heteroatoms. The highest BCUT2D eigenvalue weighted by Gasteiger charge is 2.12. The molecule has 1 N–H and O–H groups in total. The fourth-order valence-corrected chi connectivity index (χ4v) is 2.81. The van der Waals surface area contributed by atoms with Crippen molar-refractivity contribution in [3.8, 4) is 5.69 Å². The van der Waals surface area contributed by atoms with Gasteiger partial charge in [-0.25, -0.2) is 4.68 Å². The first-order chi connectivity index (χ1) is 11.1. The number of para-hydroxylation sites is 1. The van der Waals surface area contributed by atoms with Crippen LogP contribution in [-0.2, 0) is 10.8 Å². The van der Waals surface area contributed by atoms with Crippen LogP contribution in [-0.4, -0.2) is 31.1 Å². The summed E-state index contributed by atoms with van der Waals surface area (Å²) < 4.78 is 13.4. The van der Waals surface area contributed by atoms with E-state index in [1.165, 1.54) is 0 Å². The predicted octanol–water partition coefficient (Wildman–Crippen LogP) is 2.26. The molecular formula is C16H14N4O2S. The second kappa shape index (κ2) is 6.53.